The van der Waals surface area contributed by atoms with Gasteiger partial charge in [-0.2, -0.15) is 0 Å². The smallest absolute Gasteiger partial charge is 0.490 e. The fourth-order valence-electron chi connectivity index (χ4n) is 5.71. The molecule has 0 aliphatic heterocycles. The van der Waals surface area contributed by atoms with Crippen LogP contribution >= 0.6 is 0 Å². The minimum absolute atomic E-state index is 0.0448. The third kappa shape index (κ3) is 6.37. The first-order valence-corrected chi connectivity index (χ1v) is 12.5. The first-order valence-electron chi connectivity index (χ1n) is 12.5. The predicted molar refractivity (Wildman–Crippen MR) is 134 cm³/mol. The highest BCUT2D eigenvalue weighted by Gasteiger charge is 2.35. The van der Waals surface area contributed by atoms with E-state index in [1.54, 1.807) is 24.3 Å². The molecule has 9 heteroatoms. The van der Waals surface area contributed by atoms with Crippen LogP contribution in [0.4, 0.5) is 13.2 Å². The number of benzene rings is 2. The molecule has 4 rings (SSSR count). The van der Waals surface area contributed by atoms with Crippen molar-refractivity contribution in [3.63, 3.8) is 0 Å². The van der Waals surface area contributed by atoms with Crippen LogP contribution in [0.15, 0.2) is 36.4 Å². The van der Waals surface area contributed by atoms with Crippen LogP contribution in [0.3, 0.4) is 0 Å². The molecule has 1 saturated carbocycles. The van der Waals surface area contributed by atoms with E-state index in [-0.39, 0.29) is 28.9 Å². The van der Waals surface area contributed by atoms with Crippen molar-refractivity contribution in [2.45, 2.75) is 78.8 Å². The molecular weight excluding hydrogens is 485 g/mol. The van der Waals surface area contributed by atoms with E-state index in [1.807, 2.05) is 13.8 Å². The maximum Gasteiger partial charge on any atom is 0.573 e. The molecule has 0 amide bonds. The third-order valence-electron chi connectivity index (χ3n) is 6.70. The number of imidazole rings is 1. The Morgan fingerprint density at radius 2 is 1.86 bits per heavy atom. The lowest BCUT2D eigenvalue weighted by atomic mass is 9.70. The number of carbonyl (C=O) groups is 1. The number of carboxylic acids is 1. The van der Waals surface area contributed by atoms with Crippen LogP contribution in [0.25, 0.3) is 11.0 Å². The summed E-state index contributed by atoms with van der Waals surface area (Å²) in [4.78, 5) is 16.8. The average Bonchev–Trinajstić information content (AvgIpc) is 3.08. The van der Waals surface area contributed by atoms with Crippen LogP contribution in [0.2, 0.25) is 0 Å². The highest BCUT2D eigenvalue weighted by molar-refractivity contribution is 5.96. The van der Waals surface area contributed by atoms with Crippen LogP contribution < -0.4 is 9.47 Å². The van der Waals surface area contributed by atoms with Crippen molar-refractivity contribution >= 4 is 17.0 Å². The van der Waals surface area contributed by atoms with Crippen LogP contribution in [0, 0.1) is 11.3 Å². The number of ether oxygens (including phenoxy) is 2. The largest absolute Gasteiger partial charge is 0.573 e. The molecule has 2 aromatic carbocycles. The number of nitrogens with zero attached hydrogens (tertiary/aromatic N) is 2. The van der Waals surface area contributed by atoms with Gasteiger partial charge in [-0.05, 0) is 68.2 Å². The van der Waals surface area contributed by atoms with Crippen LogP contribution in [-0.2, 0) is 6.42 Å². The van der Waals surface area contributed by atoms with E-state index in [9.17, 15) is 23.1 Å². The summed E-state index contributed by atoms with van der Waals surface area (Å²) in [6.07, 6.45) is -1.61. The van der Waals surface area contributed by atoms with Crippen molar-refractivity contribution in [3.05, 3.63) is 53.3 Å². The Bertz CT molecular complexity index is 1280. The molecular formula is C28H33F3N2O4. The van der Waals surface area contributed by atoms with Crippen LogP contribution in [0.1, 0.15) is 81.7 Å². The summed E-state index contributed by atoms with van der Waals surface area (Å²) in [6.45, 7) is 10.4. The minimum Gasteiger partial charge on any atom is -0.490 e. The van der Waals surface area contributed by atoms with E-state index < -0.39 is 12.3 Å². The maximum atomic E-state index is 12.6. The van der Waals surface area contributed by atoms with E-state index in [4.69, 9.17) is 9.72 Å². The van der Waals surface area contributed by atoms with Crippen LogP contribution in [0.5, 0.6) is 11.5 Å². The van der Waals surface area contributed by atoms with Gasteiger partial charge in [0.1, 0.15) is 22.9 Å². The summed E-state index contributed by atoms with van der Waals surface area (Å²) in [5.41, 5.74) is 2.28. The Morgan fingerprint density at radius 3 is 2.43 bits per heavy atom. The van der Waals surface area contributed by atoms with Gasteiger partial charge in [-0.1, -0.05) is 32.9 Å². The number of rotatable bonds is 7. The number of alkyl halides is 3. The van der Waals surface area contributed by atoms with Gasteiger partial charge in [-0.25, -0.2) is 9.78 Å². The molecule has 0 saturated heterocycles. The first-order chi connectivity index (χ1) is 17.2. The van der Waals surface area contributed by atoms with E-state index in [0.29, 0.717) is 23.6 Å². The fraction of sp³-hybridized carbons (Fsp3) is 0.500. The lowest BCUT2D eigenvalue weighted by molar-refractivity contribution is -0.274. The minimum atomic E-state index is -4.75. The zero-order valence-electron chi connectivity index (χ0n) is 21.7. The summed E-state index contributed by atoms with van der Waals surface area (Å²) in [5, 5.41) is 9.80. The van der Waals surface area contributed by atoms with Gasteiger partial charge >= 0.3 is 12.3 Å². The Hall–Kier alpha value is -3.23. The zero-order valence-corrected chi connectivity index (χ0v) is 21.7. The summed E-state index contributed by atoms with van der Waals surface area (Å²) >= 11 is 0. The van der Waals surface area contributed by atoms with Crippen molar-refractivity contribution in [2.75, 3.05) is 0 Å². The van der Waals surface area contributed by atoms with Crippen molar-refractivity contribution in [1.82, 2.24) is 9.55 Å². The molecule has 1 heterocycles. The highest BCUT2D eigenvalue weighted by atomic mass is 19.4. The predicted octanol–water partition coefficient (Wildman–Crippen LogP) is 7.40. The second-order valence-electron chi connectivity index (χ2n) is 11.1. The fourth-order valence-corrected chi connectivity index (χ4v) is 5.71. The molecule has 37 heavy (non-hydrogen) atoms. The summed E-state index contributed by atoms with van der Waals surface area (Å²) in [5.74, 6) is 0.130. The summed E-state index contributed by atoms with van der Waals surface area (Å²) < 4.78 is 49.8. The first kappa shape index (κ1) is 26.8. The number of halogens is 3. The number of hydrogen-bond acceptors (Lipinski definition) is 4. The Labute approximate surface area is 214 Å². The molecule has 0 radical (unpaired) electrons. The molecule has 0 bridgehead atoms. The van der Waals surface area contributed by atoms with Gasteiger partial charge in [0.05, 0.1) is 17.1 Å². The van der Waals surface area contributed by atoms with Gasteiger partial charge in [0, 0.05) is 18.5 Å². The lowest BCUT2D eigenvalue weighted by Gasteiger charge is -2.40. The summed E-state index contributed by atoms with van der Waals surface area (Å²) in [6, 6.07) is 9.21. The highest BCUT2D eigenvalue weighted by Crippen LogP contribution is 2.46. The van der Waals surface area contributed by atoms with Crippen molar-refractivity contribution in [3.8, 4) is 11.5 Å². The number of aromatic nitrogens is 2. The second kappa shape index (κ2) is 9.91. The maximum absolute atomic E-state index is 12.6. The Kier molecular flexibility index (Phi) is 7.18. The van der Waals surface area contributed by atoms with Gasteiger partial charge in [-0.15, -0.1) is 13.2 Å². The monoisotopic (exact) mass is 518 g/mol. The van der Waals surface area contributed by atoms with Gasteiger partial charge in [0.25, 0.3) is 0 Å². The molecule has 1 aromatic heterocycles. The number of aromatic carboxylic acids is 1. The van der Waals surface area contributed by atoms with E-state index in [0.717, 1.165) is 36.2 Å². The molecule has 0 spiro atoms. The molecule has 3 aromatic rings. The molecule has 200 valence electrons. The molecule has 6 nitrogen and oxygen atoms in total. The topological polar surface area (TPSA) is 73.6 Å². The van der Waals surface area contributed by atoms with Gasteiger partial charge in [0.2, 0.25) is 0 Å². The number of fused-ring (bicyclic) bond motifs is 1. The SMILES string of the molecule is CC(C)Oc1cc2c(cc1C(=O)O)nc(Cc1ccc(OC(F)(F)F)cc1)n2[C@H]1C[C@@H](C)CC(C)(C)C1. The number of hydrogen-bond donors (Lipinski definition) is 1. The molecule has 1 aliphatic rings. The quantitative estimate of drug-likeness (QED) is 0.353. The number of carboxylic acid groups (broad SMARTS) is 1. The summed E-state index contributed by atoms with van der Waals surface area (Å²) in [7, 11) is 0. The normalized spacial score (nSPS) is 19.8. The van der Waals surface area contributed by atoms with Crippen LogP contribution in [-0.4, -0.2) is 33.1 Å². The molecule has 2 atom stereocenters. The van der Waals surface area contributed by atoms with Gasteiger partial charge < -0.3 is 19.1 Å². The van der Waals surface area contributed by atoms with Crippen molar-refractivity contribution in [2.24, 2.45) is 11.3 Å². The van der Waals surface area contributed by atoms with E-state index in [1.165, 1.54) is 12.1 Å². The molecule has 0 unspecified atom stereocenters. The van der Waals surface area contributed by atoms with Gasteiger partial charge in [0.15, 0.2) is 0 Å². The van der Waals surface area contributed by atoms with Gasteiger partial charge in [-0.3, -0.25) is 0 Å². The van der Waals surface area contributed by atoms with E-state index in [2.05, 4.69) is 30.1 Å². The zero-order chi connectivity index (χ0) is 27.1. The standard InChI is InChI=1S/C28H33F3N2O4/c1-16(2)36-24-13-23-22(12-21(24)26(34)35)32-25(33(23)19-10-17(3)14-27(4,5)15-19)11-18-6-8-20(9-7-18)37-28(29,30)31/h6-9,12-13,16-17,19H,10-11,14-15H2,1-5H3,(H,34,35)/t17-,19+/m1/s1. The van der Waals surface area contributed by atoms with Crippen molar-refractivity contribution in [1.29, 1.82) is 0 Å². The average molecular weight is 519 g/mol. The Balaban J connectivity index is 1.81. The lowest BCUT2D eigenvalue weighted by Crippen LogP contribution is -2.30. The third-order valence-corrected chi connectivity index (χ3v) is 6.70. The van der Waals surface area contributed by atoms with Crippen molar-refractivity contribution < 1.29 is 32.5 Å². The molecule has 1 aliphatic carbocycles. The van der Waals surface area contributed by atoms with E-state index >= 15 is 0 Å². The second-order valence-corrected chi connectivity index (χ2v) is 11.1. The molecule has 1 N–H and O–H groups in total. The molecule has 1 fully saturated rings. The Morgan fingerprint density at radius 1 is 1.19 bits per heavy atom.